The van der Waals surface area contributed by atoms with Gasteiger partial charge in [0.05, 0.1) is 20.3 Å². The summed E-state index contributed by atoms with van der Waals surface area (Å²) in [7, 11) is 1.64. The van der Waals surface area contributed by atoms with E-state index in [1.165, 1.54) is 0 Å². The molecule has 0 aliphatic carbocycles. The maximum atomic E-state index is 9.89. The molecule has 0 spiro atoms. The van der Waals surface area contributed by atoms with Crippen LogP contribution in [0, 0.1) is 0 Å². The highest BCUT2D eigenvalue weighted by Crippen LogP contribution is 2.17. The Bertz CT molecular complexity index is 321. The van der Waals surface area contributed by atoms with Gasteiger partial charge in [-0.25, -0.2) is 0 Å². The van der Waals surface area contributed by atoms with Gasteiger partial charge in [-0.15, -0.1) is 0 Å². The predicted molar refractivity (Wildman–Crippen MR) is 69.0 cm³/mol. The van der Waals surface area contributed by atoms with Crippen molar-refractivity contribution in [3.63, 3.8) is 0 Å². The second-order valence-corrected chi connectivity index (χ2v) is 3.91. The first-order chi connectivity index (χ1) is 8.86. The predicted octanol–water partition coefficient (Wildman–Crippen LogP) is 2.81. The Balaban J connectivity index is 2.01. The van der Waals surface area contributed by atoms with Gasteiger partial charge in [-0.3, -0.25) is 4.79 Å². The number of carbonyl (C=O) groups is 1. The van der Waals surface area contributed by atoms with Crippen LogP contribution in [0.25, 0.3) is 0 Å². The van der Waals surface area contributed by atoms with Gasteiger partial charge < -0.3 is 14.2 Å². The Morgan fingerprint density at radius 2 is 1.56 bits per heavy atom. The Hall–Kier alpha value is -1.71. The minimum Gasteiger partial charge on any atom is -0.497 e. The van der Waals surface area contributed by atoms with E-state index < -0.39 is 0 Å². The van der Waals surface area contributed by atoms with Gasteiger partial charge in [0.15, 0.2) is 0 Å². The lowest BCUT2D eigenvalue weighted by atomic mass is 10.2. The number of hydrogen-bond acceptors (Lipinski definition) is 4. The van der Waals surface area contributed by atoms with Crippen LogP contribution in [0.3, 0.4) is 0 Å². The monoisotopic (exact) mass is 252 g/mol. The molecular formula is C14H20O4. The second-order valence-electron chi connectivity index (χ2n) is 3.91. The van der Waals surface area contributed by atoms with Gasteiger partial charge in [0.1, 0.15) is 11.5 Å². The van der Waals surface area contributed by atoms with Crippen LogP contribution in [0.1, 0.15) is 25.7 Å². The van der Waals surface area contributed by atoms with E-state index >= 15 is 0 Å². The van der Waals surface area contributed by atoms with E-state index in [2.05, 4.69) is 4.74 Å². The molecular weight excluding hydrogens is 232 g/mol. The number of benzene rings is 1. The van der Waals surface area contributed by atoms with E-state index in [1.807, 2.05) is 24.3 Å². The molecule has 0 N–H and O–H groups in total. The van der Waals surface area contributed by atoms with Crippen LogP contribution < -0.4 is 9.47 Å². The van der Waals surface area contributed by atoms with Crippen molar-refractivity contribution in [1.82, 2.24) is 0 Å². The van der Waals surface area contributed by atoms with Crippen molar-refractivity contribution < 1.29 is 19.0 Å². The number of ether oxygens (including phenoxy) is 3. The van der Waals surface area contributed by atoms with Gasteiger partial charge in [-0.1, -0.05) is 0 Å². The van der Waals surface area contributed by atoms with E-state index in [0.717, 1.165) is 37.2 Å². The molecule has 0 amide bonds. The van der Waals surface area contributed by atoms with E-state index in [-0.39, 0.29) is 0 Å². The summed E-state index contributed by atoms with van der Waals surface area (Å²) in [5, 5.41) is 0. The zero-order valence-corrected chi connectivity index (χ0v) is 10.8. The SMILES string of the molecule is COc1ccc(OCCCCCCOC=O)cc1. The lowest BCUT2D eigenvalue weighted by Gasteiger charge is -2.06. The third kappa shape index (κ3) is 6.13. The van der Waals surface area contributed by atoms with Gasteiger partial charge in [-0.05, 0) is 49.9 Å². The van der Waals surface area contributed by atoms with Crippen LogP contribution in [0.5, 0.6) is 11.5 Å². The third-order valence-corrected chi connectivity index (χ3v) is 2.55. The number of hydrogen-bond donors (Lipinski definition) is 0. The summed E-state index contributed by atoms with van der Waals surface area (Å²) in [5.41, 5.74) is 0. The number of unbranched alkanes of at least 4 members (excludes halogenated alkanes) is 3. The molecule has 0 heterocycles. The molecule has 4 nitrogen and oxygen atoms in total. The van der Waals surface area contributed by atoms with Crippen molar-refractivity contribution in [1.29, 1.82) is 0 Å². The molecule has 0 saturated heterocycles. The van der Waals surface area contributed by atoms with Crippen LogP contribution >= 0.6 is 0 Å². The molecule has 100 valence electrons. The first-order valence-corrected chi connectivity index (χ1v) is 6.19. The van der Waals surface area contributed by atoms with Crippen molar-refractivity contribution >= 4 is 6.47 Å². The zero-order valence-electron chi connectivity index (χ0n) is 10.8. The third-order valence-electron chi connectivity index (χ3n) is 2.55. The summed E-state index contributed by atoms with van der Waals surface area (Å²) in [6, 6.07) is 7.56. The molecule has 0 aliphatic heterocycles. The van der Waals surface area contributed by atoms with Crippen molar-refractivity contribution in [3.05, 3.63) is 24.3 Å². The number of carbonyl (C=O) groups excluding carboxylic acids is 1. The molecule has 0 aromatic heterocycles. The quantitative estimate of drug-likeness (QED) is 0.474. The number of rotatable bonds is 10. The highest BCUT2D eigenvalue weighted by molar-refractivity contribution is 5.36. The molecule has 1 aromatic carbocycles. The molecule has 0 aliphatic rings. The van der Waals surface area contributed by atoms with Crippen LogP contribution in [-0.4, -0.2) is 26.8 Å². The van der Waals surface area contributed by atoms with Gasteiger partial charge in [0.2, 0.25) is 0 Å². The van der Waals surface area contributed by atoms with Crippen LogP contribution in [0.4, 0.5) is 0 Å². The molecule has 0 atom stereocenters. The second kappa shape index (κ2) is 9.33. The van der Waals surface area contributed by atoms with Crippen molar-refractivity contribution in [2.45, 2.75) is 25.7 Å². The summed E-state index contributed by atoms with van der Waals surface area (Å²) >= 11 is 0. The van der Waals surface area contributed by atoms with Gasteiger partial charge in [0.25, 0.3) is 6.47 Å². The Morgan fingerprint density at radius 1 is 0.944 bits per heavy atom. The van der Waals surface area contributed by atoms with Crippen molar-refractivity contribution in [2.24, 2.45) is 0 Å². The standard InChI is InChI=1S/C14H20O4/c1-16-13-6-8-14(9-7-13)18-11-5-3-2-4-10-17-12-15/h6-9,12H,2-5,10-11H2,1H3. The Labute approximate surface area is 108 Å². The average molecular weight is 252 g/mol. The molecule has 0 radical (unpaired) electrons. The summed E-state index contributed by atoms with van der Waals surface area (Å²) in [6.07, 6.45) is 4.06. The van der Waals surface area contributed by atoms with Crippen LogP contribution in [0.15, 0.2) is 24.3 Å². The van der Waals surface area contributed by atoms with E-state index in [9.17, 15) is 4.79 Å². The Morgan fingerprint density at radius 3 is 2.17 bits per heavy atom. The van der Waals surface area contributed by atoms with Gasteiger partial charge in [-0.2, -0.15) is 0 Å². The van der Waals surface area contributed by atoms with Crippen LogP contribution in [0.2, 0.25) is 0 Å². The maximum Gasteiger partial charge on any atom is 0.293 e. The fraction of sp³-hybridized carbons (Fsp3) is 0.500. The number of methoxy groups -OCH3 is 1. The van der Waals surface area contributed by atoms with Crippen LogP contribution in [-0.2, 0) is 9.53 Å². The normalized spacial score (nSPS) is 9.83. The molecule has 4 heteroatoms. The summed E-state index contributed by atoms with van der Waals surface area (Å²) in [4.78, 5) is 9.89. The maximum absolute atomic E-state index is 9.89. The van der Waals surface area contributed by atoms with Crippen molar-refractivity contribution in [3.8, 4) is 11.5 Å². The molecule has 1 rings (SSSR count). The summed E-state index contributed by atoms with van der Waals surface area (Å²) in [5.74, 6) is 1.69. The molecule has 0 fully saturated rings. The fourth-order valence-corrected chi connectivity index (χ4v) is 1.55. The minimum absolute atomic E-state index is 0.493. The largest absolute Gasteiger partial charge is 0.497 e. The average Bonchev–Trinajstić information content (AvgIpc) is 2.42. The zero-order chi connectivity index (χ0) is 13.1. The van der Waals surface area contributed by atoms with Gasteiger partial charge in [0, 0.05) is 0 Å². The summed E-state index contributed by atoms with van der Waals surface area (Å²) in [6.45, 7) is 1.72. The summed E-state index contributed by atoms with van der Waals surface area (Å²) < 4.78 is 15.3. The first kappa shape index (κ1) is 14.4. The smallest absolute Gasteiger partial charge is 0.293 e. The molecule has 0 saturated carbocycles. The lowest BCUT2D eigenvalue weighted by molar-refractivity contribution is -0.128. The lowest BCUT2D eigenvalue weighted by Crippen LogP contribution is -1.98. The molecule has 1 aromatic rings. The minimum atomic E-state index is 0.493. The highest BCUT2D eigenvalue weighted by Gasteiger charge is 1.95. The van der Waals surface area contributed by atoms with E-state index in [1.54, 1.807) is 7.11 Å². The molecule has 0 bridgehead atoms. The first-order valence-electron chi connectivity index (χ1n) is 6.19. The van der Waals surface area contributed by atoms with Crippen molar-refractivity contribution in [2.75, 3.05) is 20.3 Å². The van der Waals surface area contributed by atoms with E-state index in [4.69, 9.17) is 9.47 Å². The van der Waals surface area contributed by atoms with E-state index in [0.29, 0.717) is 19.7 Å². The van der Waals surface area contributed by atoms with Gasteiger partial charge >= 0.3 is 0 Å². The molecule has 0 unspecified atom stereocenters. The topological polar surface area (TPSA) is 44.8 Å². The Kier molecular flexibility index (Phi) is 7.44. The molecule has 18 heavy (non-hydrogen) atoms. The highest BCUT2D eigenvalue weighted by atomic mass is 16.5. The fourth-order valence-electron chi connectivity index (χ4n) is 1.55.